The van der Waals surface area contributed by atoms with Gasteiger partial charge in [0.25, 0.3) is 0 Å². The van der Waals surface area contributed by atoms with Crippen LogP contribution in [0.3, 0.4) is 0 Å². The van der Waals surface area contributed by atoms with Gasteiger partial charge >= 0.3 is 0 Å². The molecule has 4 nitrogen and oxygen atoms in total. The van der Waals surface area contributed by atoms with Crippen LogP contribution >= 0.6 is 0 Å². The third-order valence-electron chi connectivity index (χ3n) is 5.27. The van der Waals surface area contributed by atoms with Crippen LogP contribution in [-0.4, -0.2) is 61.0 Å². The Balaban J connectivity index is 1.50. The summed E-state index contributed by atoms with van der Waals surface area (Å²) >= 11 is 0. The normalized spacial score (nSPS) is 34.1. The van der Waals surface area contributed by atoms with E-state index in [4.69, 9.17) is 0 Å². The average Bonchev–Trinajstić information content (AvgIpc) is 3.09. The fraction of sp³-hybridized carbons (Fsp3) is 0.933. The maximum atomic E-state index is 12.5. The van der Waals surface area contributed by atoms with Crippen LogP contribution in [0.4, 0.5) is 0 Å². The number of nitrogens with zero attached hydrogens (tertiary/aromatic N) is 2. The van der Waals surface area contributed by atoms with Crippen LogP contribution in [0.15, 0.2) is 0 Å². The molecule has 0 aliphatic carbocycles. The molecule has 1 N–H and O–H groups in total. The van der Waals surface area contributed by atoms with E-state index in [9.17, 15) is 4.79 Å². The number of piperidine rings is 1. The smallest absolute Gasteiger partial charge is 0.227 e. The van der Waals surface area contributed by atoms with Crippen molar-refractivity contribution < 1.29 is 4.79 Å². The second-order valence-corrected chi connectivity index (χ2v) is 6.54. The Bertz CT molecular complexity index is 319. The number of amides is 1. The first kappa shape index (κ1) is 13.4. The van der Waals surface area contributed by atoms with Crippen molar-refractivity contribution in [3.05, 3.63) is 0 Å². The molecule has 3 fully saturated rings. The Morgan fingerprint density at radius 3 is 2.32 bits per heavy atom. The molecule has 4 heteroatoms. The van der Waals surface area contributed by atoms with Crippen LogP contribution in [0.5, 0.6) is 0 Å². The van der Waals surface area contributed by atoms with Gasteiger partial charge in [0.15, 0.2) is 0 Å². The Morgan fingerprint density at radius 2 is 1.74 bits per heavy atom. The van der Waals surface area contributed by atoms with Crippen LogP contribution in [0, 0.1) is 11.8 Å². The molecule has 0 bridgehead atoms. The van der Waals surface area contributed by atoms with E-state index in [0.717, 1.165) is 32.2 Å². The molecule has 3 saturated heterocycles. The molecule has 0 aromatic heterocycles. The zero-order valence-corrected chi connectivity index (χ0v) is 12.1. The zero-order valence-electron chi connectivity index (χ0n) is 12.1. The second-order valence-electron chi connectivity index (χ2n) is 6.54. The minimum atomic E-state index is 0.225. The van der Waals surface area contributed by atoms with Gasteiger partial charge in [0.2, 0.25) is 5.91 Å². The number of carbonyl (C=O) groups excluding carboxylic acids is 1. The molecule has 0 unspecified atom stereocenters. The first-order valence-electron chi connectivity index (χ1n) is 7.99. The minimum Gasteiger partial charge on any atom is -0.342 e. The molecule has 3 aliphatic rings. The summed E-state index contributed by atoms with van der Waals surface area (Å²) in [6, 6.07) is 0.741. The predicted octanol–water partition coefficient (Wildman–Crippen LogP) is 0.929. The predicted molar refractivity (Wildman–Crippen MR) is 75.9 cm³/mol. The van der Waals surface area contributed by atoms with E-state index in [2.05, 4.69) is 22.0 Å². The van der Waals surface area contributed by atoms with Crippen LogP contribution in [0.1, 0.15) is 32.6 Å². The average molecular weight is 265 g/mol. The second kappa shape index (κ2) is 5.80. The zero-order chi connectivity index (χ0) is 13.2. The summed E-state index contributed by atoms with van der Waals surface area (Å²) < 4.78 is 0. The number of carbonyl (C=O) groups is 1. The highest BCUT2D eigenvalue weighted by Gasteiger charge is 2.35. The van der Waals surface area contributed by atoms with Crippen molar-refractivity contribution in [2.45, 2.75) is 38.6 Å². The van der Waals surface area contributed by atoms with Crippen molar-refractivity contribution in [1.82, 2.24) is 15.1 Å². The van der Waals surface area contributed by atoms with E-state index in [-0.39, 0.29) is 5.92 Å². The van der Waals surface area contributed by atoms with Crippen molar-refractivity contribution >= 4 is 5.91 Å². The van der Waals surface area contributed by atoms with Gasteiger partial charge in [-0.2, -0.15) is 0 Å². The molecule has 108 valence electrons. The van der Waals surface area contributed by atoms with Gasteiger partial charge in [0.05, 0.1) is 5.92 Å². The van der Waals surface area contributed by atoms with Gasteiger partial charge in [-0.3, -0.25) is 4.79 Å². The van der Waals surface area contributed by atoms with Crippen molar-refractivity contribution in [3.8, 4) is 0 Å². The molecule has 19 heavy (non-hydrogen) atoms. The molecule has 3 aliphatic heterocycles. The fourth-order valence-corrected chi connectivity index (χ4v) is 3.93. The topological polar surface area (TPSA) is 35.6 Å². The van der Waals surface area contributed by atoms with Crippen molar-refractivity contribution in [2.24, 2.45) is 11.8 Å². The van der Waals surface area contributed by atoms with E-state index in [1.807, 2.05) is 0 Å². The van der Waals surface area contributed by atoms with Crippen molar-refractivity contribution in [3.63, 3.8) is 0 Å². The summed E-state index contributed by atoms with van der Waals surface area (Å²) in [5.74, 6) is 1.13. The molecule has 3 rings (SSSR count). The lowest BCUT2D eigenvalue weighted by Gasteiger charge is -2.38. The highest BCUT2D eigenvalue weighted by molar-refractivity contribution is 5.79. The lowest BCUT2D eigenvalue weighted by molar-refractivity contribution is -0.137. The van der Waals surface area contributed by atoms with Gasteiger partial charge in [-0.1, -0.05) is 6.92 Å². The lowest BCUT2D eigenvalue weighted by atomic mass is 9.94. The molecular formula is C15H27N3O. The largest absolute Gasteiger partial charge is 0.342 e. The highest BCUT2D eigenvalue weighted by Crippen LogP contribution is 2.24. The van der Waals surface area contributed by atoms with E-state index in [1.54, 1.807) is 0 Å². The molecule has 0 radical (unpaired) electrons. The van der Waals surface area contributed by atoms with Crippen LogP contribution < -0.4 is 5.32 Å². The summed E-state index contributed by atoms with van der Waals surface area (Å²) in [7, 11) is 0. The molecule has 0 aromatic carbocycles. The number of hydrogen-bond donors (Lipinski definition) is 1. The van der Waals surface area contributed by atoms with Gasteiger partial charge in [0.1, 0.15) is 0 Å². The van der Waals surface area contributed by atoms with Gasteiger partial charge in [-0.05, 0) is 51.2 Å². The fourth-order valence-electron chi connectivity index (χ4n) is 3.93. The van der Waals surface area contributed by atoms with Crippen LogP contribution in [0.2, 0.25) is 0 Å². The van der Waals surface area contributed by atoms with Crippen LogP contribution in [0.25, 0.3) is 0 Å². The monoisotopic (exact) mass is 265 g/mol. The van der Waals surface area contributed by atoms with Crippen molar-refractivity contribution in [1.29, 1.82) is 0 Å². The Hall–Kier alpha value is -0.610. The molecule has 3 heterocycles. The van der Waals surface area contributed by atoms with Gasteiger partial charge < -0.3 is 15.1 Å². The maximum Gasteiger partial charge on any atom is 0.227 e. The quantitative estimate of drug-likeness (QED) is 0.807. The summed E-state index contributed by atoms with van der Waals surface area (Å²) in [6.07, 6.45) is 5.09. The molecule has 0 aromatic rings. The number of rotatable bonds is 2. The number of nitrogens with one attached hydrogen (secondary N) is 1. The van der Waals surface area contributed by atoms with Gasteiger partial charge in [-0.15, -0.1) is 0 Å². The van der Waals surface area contributed by atoms with E-state index in [1.165, 1.54) is 38.8 Å². The van der Waals surface area contributed by atoms with Gasteiger partial charge in [-0.25, -0.2) is 0 Å². The number of likely N-dealkylation sites (tertiary alicyclic amines) is 2. The van der Waals surface area contributed by atoms with Gasteiger partial charge in [0, 0.05) is 25.7 Å². The van der Waals surface area contributed by atoms with Crippen molar-refractivity contribution in [2.75, 3.05) is 39.3 Å². The van der Waals surface area contributed by atoms with E-state index < -0.39 is 0 Å². The van der Waals surface area contributed by atoms with E-state index in [0.29, 0.717) is 11.8 Å². The first-order chi connectivity index (χ1) is 9.25. The SMILES string of the molecule is C[C@@H]1CNC[C@H]1C(=O)N1CCC(N2CCCC2)CC1. The molecule has 2 atom stereocenters. The summed E-state index contributed by atoms with van der Waals surface area (Å²) in [4.78, 5) is 17.3. The summed E-state index contributed by atoms with van der Waals surface area (Å²) in [5, 5.41) is 3.34. The maximum absolute atomic E-state index is 12.5. The minimum absolute atomic E-state index is 0.225. The Labute approximate surface area is 116 Å². The highest BCUT2D eigenvalue weighted by atomic mass is 16.2. The third kappa shape index (κ3) is 2.79. The Kier molecular flexibility index (Phi) is 4.08. The first-order valence-corrected chi connectivity index (χ1v) is 7.99. The summed E-state index contributed by atoms with van der Waals surface area (Å²) in [6.45, 7) is 8.59. The van der Waals surface area contributed by atoms with Crippen LogP contribution in [-0.2, 0) is 4.79 Å². The third-order valence-corrected chi connectivity index (χ3v) is 5.27. The Morgan fingerprint density at radius 1 is 1.05 bits per heavy atom. The number of hydrogen-bond acceptors (Lipinski definition) is 3. The summed E-state index contributed by atoms with van der Waals surface area (Å²) in [5.41, 5.74) is 0. The van der Waals surface area contributed by atoms with E-state index >= 15 is 0 Å². The molecule has 0 saturated carbocycles. The standard InChI is InChI=1S/C15H27N3O/c1-12-10-16-11-14(12)15(19)18-8-4-13(5-9-18)17-6-2-3-7-17/h12-14,16H,2-11H2,1H3/t12-,14-/m1/s1. The molecule has 1 amide bonds. The molecule has 0 spiro atoms. The lowest BCUT2D eigenvalue weighted by Crippen LogP contribution is -2.48. The molecular weight excluding hydrogens is 238 g/mol.